The molecule has 0 spiro atoms. The number of hydrogen-bond donors (Lipinski definition) is 2. The van der Waals surface area contributed by atoms with Crippen molar-refractivity contribution in [2.24, 2.45) is 0 Å². The minimum absolute atomic E-state index is 0.129. The summed E-state index contributed by atoms with van der Waals surface area (Å²) in [6.07, 6.45) is 1.03. The highest BCUT2D eigenvalue weighted by atomic mass is 16.1. The molecule has 0 radical (unpaired) electrons. The standard InChI is InChI=1S/C14H16N2O/c1-8-14-11(5-6-15-8)12-7-10(9(2)17)3-4-13(12)16-14/h3-4,7-8,15-16H,5-6H2,1-2H3. The Morgan fingerprint density at radius 1 is 1.41 bits per heavy atom. The first-order chi connectivity index (χ1) is 8.16. The second-order valence-electron chi connectivity index (χ2n) is 4.76. The fourth-order valence-corrected chi connectivity index (χ4v) is 2.64. The van der Waals surface area contributed by atoms with Gasteiger partial charge in [0.2, 0.25) is 0 Å². The van der Waals surface area contributed by atoms with Crippen LogP contribution in [0.1, 0.15) is 41.5 Å². The molecule has 2 N–H and O–H groups in total. The molecule has 2 aromatic rings. The van der Waals surface area contributed by atoms with E-state index in [-0.39, 0.29) is 5.78 Å². The summed E-state index contributed by atoms with van der Waals surface area (Å²) in [4.78, 5) is 14.9. The molecule has 1 aliphatic rings. The summed E-state index contributed by atoms with van der Waals surface area (Å²) >= 11 is 0. The number of nitrogens with one attached hydrogen (secondary N) is 2. The Morgan fingerprint density at radius 2 is 2.24 bits per heavy atom. The van der Waals surface area contributed by atoms with Crippen LogP contribution in [-0.4, -0.2) is 17.3 Å². The molecule has 88 valence electrons. The molecule has 1 atom stereocenters. The van der Waals surface area contributed by atoms with E-state index in [4.69, 9.17) is 0 Å². The third-order valence-electron chi connectivity index (χ3n) is 3.60. The number of carbonyl (C=O) groups excluding carboxylic acids is 1. The van der Waals surface area contributed by atoms with Crippen LogP contribution in [0.3, 0.4) is 0 Å². The van der Waals surface area contributed by atoms with E-state index in [1.807, 2.05) is 18.2 Å². The Labute approximate surface area is 100 Å². The van der Waals surface area contributed by atoms with Crippen molar-refractivity contribution in [3.63, 3.8) is 0 Å². The van der Waals surface area contributed by atoms with Gasteiger partial charge < -0.3 is 10.3 Å². The number of benzene rings is 1. The van der Waals surface area contributed by atoms with E-state index >= 15 is 0 Å². The summed E-state index contributed by atoms with van der Waals surface area (Å²) in [6, 6.07) is 6.29. The summed E-state index contributed by atoms with van der Waals surface area (Å²) in [5.74, 6) is 0.129. The first-order valence-electron chi connectivity index (χ1n) is 6.05. The lowest BCUT2D eigenvalue weighted by Crippen LogP contribution is -2.27. The van der Waals surface area contributed by atoms with Crippen LogP contribution in [0.4, 0.5) is 0 Å². The van der Waals surface area contributed by atoms with Gasteiger partial charge >= 0.3 is 0 Å². The van der Waals surface area contributed by atoms with Gasteiger partial charge in [-0.3, -0.25) is 4.79 Å². The number of fused-ring (bicyclic) bond motifs is 3. The summed E-state index contributed by atoms with van der Waals surface area (Å²) in [5, 5.41) is 4.65. The molecule has 0 bridgehead atoms. The number of ketones is 1. The molecule has 0 saturated carbocycles. The lowest BCUT2D eigenvalue weighted by molar-refractivity contribution is 0.101. The normalized spacial score (nSPS) is 19.3. The fourth-order valence-electron chi connectivity index (χ4n) is 2.64. The van der Waals surface area contributed by atoms with Crippen molar-refractivity contribution in [1.29, 1.82) is 0 Å². The molecule has 0 saturated heterocycles. The number of Topliss-reactive ketones (excluding diaryl/α,β-unsaturated/α-hetero) is 1. The summed E-state index contributed by atoms with van der Waals surface area (Å²) in [5.41, 5.74) is 4.57. The Kier molecular flexibility index (Phi) is 2.30. The number of aromatic nitrogens is 1. The third-order valence-corrected chi connectivity index (χ3v) is 3.60. The first kappa shape index (κ1) is 10.5. The smallest absolute Gasteiger partial charge is 0.159 e. The number of rotatable bonds is 1. The minimum atomic E-state index is 0.129. The topological polar surface area (TPSA) is 44.9 Å². The zero-order valence-corrected chi connectivity index (χ0v) is 10.1. The fraction of sp³-hybridized carbons (Fsp3) is 0.357. The highest BCUT2D eigenvalue weighted by Crippen LogP contribution is 2.30. The number of H-pyrrole nitrogens is 1. The van der Waals surface area contributed by atoms with Gasteiger partial charge in [0.05, 0.1) is 0 Å². The van der Waals surface area contributed by atoms with Crippen molar-refractivity contribution in [1.82, 2.24) is 10.3 Å². The molecular weight excluding hydrogens is 212 g/mol. The maximum atomic E-state index is 11.4. The number of hydrogen-bond acceptors (Lipinski definition) is 2. The summed E-state index contributed by atoms with van der Waals surface area (Å²) < 4.78 is 0. The predicted octanol–water partition coefficient (Wildman–Crippen LogP) is 2.58. The average molecular weight is 228 g/mol. The van der Waals surface area contributed by atoms with E-state index in [2.05, 4.69) is 17.2 Å². The molecule has 3 nitrogen and oxygen atoms in total. The third kappa shape index (κ3) is 1.58. The lowest BCUT2D eigenvalue weighted by atomic mass is 9.99. The molecule has 1 aromatic carbocycles. The second-order valence-corrected chi connectivity index (χ2v) is 4.76. The van der Waals surface area contributed by atoms with Crippen LogP contribution < -0.4 is 5.32 Å². The second kappa shape index (κ2) is 3.70. The molecule has 3 rings (SSSR count). The van der Waals surface area contributed by atoms with E-state index in [1.165, 1.54) is 16.6 Å². The van der Waals surface area contributed by atoms with Gasteiger partial charge in [0.1, 0.15) is 0 Å². The van der Waals surface area contributed by atoms with Crippen LogP contribution in [0.15, 0.2) is 18.2 Å². The Morgan fingerprint density at radius 3 is 3.00 bits per heavy atom. The maximum absolute atomic E-state index is 11.4. The van der Waals surface area contributed by atoms with Crippen LogP contribution >= 0.6 is 0 Å². The van der Waals surface area contributed by atoms with E-state index < -0.39 is 0 Å². The zero-order chi connectivity index (χ0) is 12.0. The van der Waals surface area contributed by atoms with Crippen molar-refractivity contribution < 1.29 is 4.79 Å². The van der Waals surface area contributed by atoms with Crippen molar-refractivity contribution in [2.75, 3.05) is 6.54 Å². The van der Waals surface area contributed by atoms with Gasteiger partial charge in [0, 0.05) is 28.2 Å². The molecule has 2 heterocycles. The summed E-state index contributed by atoms with van der Waals surface area (Å²) in [6.45, 7) is 4.79. The average Bonchev–Trinajstić information content (AvgIpc) is 2.68. The van der Waals surface area contributed by atoms with Crippen LogP contribution in [-0.2, 0) is 6.42 Å². The molecule has 1 aromatic heterocycles. The van der Waals surface area contributed by atoms with Gasteiger partial charge in [-0.25, -0.2) is 0 Å². The summed E-state index contributed by atoms with van der Waals surface area (Å²) in [7, 11) is 0. The van der Waals surface area contributed by atoms with Crippen LogP contribution in [0.5, 0.6) is 0 Å². The van der Waals surface area contributed by atoms with Gasteiger partial charge in [-0.15, -0.1) is 0 Å². The zero-order valence-electron chi connectivity index (χ0n) is 10.1. The molecule has 0 amide bonds. The largest absolute Gasteiger partial charge is 0.357 e. The Hall–Kier alpha value is -1.61. The molecule has 1 unspecified atom stereocenters. The molecule has 17 heavy (non-hydrogen) atoms. The van der Waals surface area contributed by atoms with Crippen molar-refractivity contribution >= 4 is 16.7 Å². The molecule has 3 heteroatoms. The van der Waals surface area contributed by atoms with Crippen LogP contribution in [0.25, 0.3) is 10.9 Å². The Balaban J connectivity index is 2.25. The first-order valence-corrected chi connectivity index (χ1v) is 6.05. The lowest BCUT2D eigenvalue weighted by Gasteiger charge is -2.20. The van der Waals surface area contributed by atoms with Crippen molar-refractivity contribution in [3.8, 4) is 0 Å². The highest BCUT2D eigenvalue weighted by molar-refractivity contribution is 5.99. The molecule has 1 aliphatic heterocycles. The van der Waals surface area contributed by atoms with Gasteiger partial charge in [0.15, 0.2) is 5.78 Å². The SMILES string of the molecule is CC(=O)c1ccc2[nH]c3c(c2c1)CCNC3C. The minimum Gasteiger partial charge on any atom is -0.357 e. The highest BCUT2D eigenvalue weighted by Gasteiger charge is 2.20. The van der Waals surface area contributed by atoms with E-state index in [9.17, 15) is 4.79 Å². The van der Waals surface area contributed by atoms with Crippen molar-refractivity contribution in [2.45, 2.75) is 26.3 Å². The van der Waals surface area contributed by atoms with Gasteiger partial charge in [-0.05, 0) is 50.6 Å². The van der Waals surface area contributed by atoms with E-state index in [1.54, 1.807) is 6.92 Å². The Bertz CT molecular complexity index is 598. The molecule has 0 fully saturated rings. The van der Waals surface area contributed by atoms with Gasteiger partial charge in [-0.2, -0.15) is 0 Å². The maximum Gasteiger partial charge on any atom is 0.159 e. The van der Waals surface area contributed by atoms with Gasteiger partial charge in [-0.1, -0.05) is 0 Å². The van der Waals surface area contributed by atoms with E-state index in [0.717, 1.165) is 24.0 Å². The predicted molar refractivity (Wildman–Crippen MR) is 68.4 cm³/mol. The van der Waals surface area contributed by atoms with E-state index in [0.29, 0.717) is 6.04 Å². The van der Waals surface area contributed by atoms with Gasteiger partial charge in [0.25, 0.3) is 0 Å². The quantitative estimate of drug-likeness (QED) is 0.737. The monoisotopic (exact) mass is 228 g/mol. The molecule has 0 aliphatic carbocycles. The molecular formula is C14H16N2O. The number of aromatic amines is 1. The van der Waals surface area contributed by atoms with Crippen LogP contribution in [0.2, 0.25) is 0 Å². The van der Waals surface area contributed by atoms with Crippen molar-refractivity contribution in [3.05, 3.63) is 35.0 Å². The number of carbonyl (C=O) groups is 1. The van der Waals surface area contributed by atoms with Crippen LogP contribution in [0, 0.1) is 0 Å².